The van der Waals surface area contributed by atoms with Crippen molar-refractivity contribution in [2.24, 2.45) is 4.99 Å². The van der Waals surface area contributed by atoms with Crippen LogP contribution in [0.4, 0.5) is 11.4 Å². The molecule has 0 unspecified atom stereocenters. The van der Waals surface area contributed by atoms with Gasteiger partial charge in [0.15, 0.2) is 0 Å². The normalized spacial score (nSPS) is 14.2. The fourth-order valence-electron chi connectivity index (χ4n) is 1.21. The van der Waals surface area contributed by atoms with E-state index in [0.717, 1.165) is 11.4 Å². The van der Waals surface area contributed by atoms with E-state index in [1.54, 1.807) is 7.11 Å². The Hall–Kier alpha value is -1.22. The highest BCUT2D eigenvalue weighted by Gasteiger charge is 2.10. The van der Waals surface area contributed by atoms with E-state index < -0.39 is 0 Å². The summed E-state index contributed by atoms with van der Waals surface area (Å²) in [7, 11) is 1.61. The Bertz CT molecular complexity index is 363. The molecule has 3 nitrogen and oxygen atoms in total. The molecule has 1 aliphatic rings. The number of hydrogen-bond acceptors (Lipinski definition) is 3. The highest BCUT2D eigenvalue weighted by Crippen LogP contribution is 2.30. The Labute approximate surface area is 81.4 Å². The lowest BCUT2D eigenvalue weighted by atomic mass is 10.2. The lowest BCUT2D eigenvalue weighted by Crippen LogP contribution is -2.18. The third kappa shape index (κ3) is 1.60. The van der Waals surface area contributed by atoms with Crippen LogP contribution < -0.4 is 5.32 Å². The van der Waals surface area contributed by atoms with Crippen LogP contribution in [0, 0.1) is 0 Å². The monoisotopic (exact) mass is 196 g/mol. The molecule has 1 N–H and O–H groups in total. The first-order chi connectivity index (χ1) is 6.29. The standard InChI is InChI=1S/C9H9ClN2O/c1-13-9-5-11-8-4-6(10)2-3-7(8)12-9/h2-4,11H,5H2,1H3. The van der Waals surface area contributed by atoms with E-state index in [2.05, 4.69) is 10.3 Å². The molecule has 0 atom stereocenters. The molecular formula is C9H9ClN2O. The molecule has 0 aromatic heterocycles. The van der Waals surface area contributed by atoms with Gasteiger partial charge in [0.2, 0.25) is 5.90 Å². The van der Waals surface area contributed by atoms with E-state index in [9.17, 15) is 0 Å². The Morgan fingerprint density at radius 1 is 1.54 bits per heavy atom. The number of aliphatic imine (C=N–C) groups is 1. The van der Waals surface area contributed by atoms with Gasteiger partial charge in [-0.15, -0.1) is 0 Å². The Balaban J connectivity index is 2.42. The zero-order valence-corrected chi connectivity index (χ0v) is 7.93. The maximum absolute atomic E-state index is 5.83. The van der Waals surface area contributed by atoms with Crippen molar-refractivity contribution in [1.29, 1.82) is 0 Å². The summed E-state index contributed by atoms with van der Waals surface area (Å²) in [5.74, 6) is 0.690. The topological polar surface area (TPSA) is 33.6 Å². The van der Waals surface area contributed by atoms with Crippen molar-refractivity contribution in [3.05, 3.63) is 23.2 Å². The van der Waals surface area contributed by atoms with Crippen LogP contribution in [-0.4, -0.2) is 19.6 Å². The summed E-state index contributed by atoms with van der Waals surface area (Å²) in [5, 5.41) is 3.87. The van der Waals surface area contributed by atoms with Gasteiger partial charge in [-0.1, -0.05) is 11.6 Å². The van der Waals surface area contributed by atoms with Crippen LogP contribution in [0.2, 0.25) is 5.02 Å². The molecule has 1 aliphatic heterocycles. The number of benzene rings is 1. The van der Waals surface area contributed by atoms with Crippen molar-refractivity contribution in [1.82, 2.24) is 0 Å². The molecule has 0 aliphatic carbocycles. The highest BCUT2D eigenvalue weighted by atomic mass is 35.5. The van der Waals surface area contributed by atoms with E-state index in [1.165, 1.54) is 0 Å². The zero-order chi connectivity index (χ0) is 9.26. The van der Waals surface area contributed by atoms with Crippen molar-refractivity contribution in [2.45, 2.75) is 0 Å². The smallest absolute Gasteiger partial charge is 0.208 e. The average Bonchev–Trinajstić information content (AvgIpc) is 2.17. The second kappa shape index (κ2) is 3.26. The van der Waals surface area contributed by atoms with E-state index >= 15 is 0 Å². The Morgan fingerprint density at radius 3 is 3.15 bits per heavy atom. The fourth-order valence-corrected chi connectivity index (χ4v) is 1.38. The van der Waals surface area contributed by atoms with Crippen molar-refractivity contribution in [3.8, 4) is 0 Å². The molecule has 0 saturated carbocycles. The van der Waals surface area contributed by atoms with Gasteiger partial charge in [0.05, 0.1) is 25.0 Å². The molecule has 0 radical (unpaired) electrons. The van der Waals surface area contributed by atoms with E-state index in [-0.39, 0.29) is 0 Å². The first kappa shape index (κ1) is 8.38. The molecule has 0 bridgehead atoms. The molecule has 68 valence electrons. The van der Waals surface area contributed by atoms with Crippen LogP contribution in [-0.2, 0) is 4.74 Å². The molecule has 13 heavy (non-hydrogen) atoms. The van der Waals surface area contributed by atoms with Crippen molar-refractivity contribution in [3.63, 3.8) is 0 Å². The minimum absolute atomic E-state index is 0.615. The average molecular weight is 197 g/mol. The number of hydrogen-bond donors (Lipinski definition) is 1. The number of anilines is 1. The maximum Gasteiger partial charge on any atom is 0.208 e. The van der Waals surface area contributed by atoms with Crippen molar-refractivity contribution < 1.29 is 4.74 Å². The second-order valence-electron chi connectivity index (χ2n) is 2.72. The SMILES string of the molecule is COC1=Nc2ccc(Cl)cc2NC1. The van der Waals surface area contributed by atoms with Gasteiger partial charge in [-0.2, -0.15) is 0 Å². The summed E-state index contributed by atoms with van der Waals surface area (Å²) in [6, 6.07) is 5.53. The Kier molecular flexibility index (Phi) is 2.10. The molecule has 0 fully saturated rings. The molecule has 0 saturated heterocycles. The molecule has 1 heterocycles. The summed E-state index contributed by atoms with van der Waals surface area (Å²) in [6.45, 7) is 0.615. The van der Waals surface area contributed by atoms with Crippen molar-refractivity contribution >= 4 is 28.9 Å². The largest absolute Gasteiger partial charge is 0.483 e. The summed E-state index contributed by atoms with van der Waals surface area (Å²) in [6.07, 6.45) is 0. The number of fused-ring (bicyclic) bond motifs is 1. The van der Waals surface area contributed by atoms with Crippen LogP contribution in [0.25, 0.3) is 0 Å². The van der Waals surface area contributed by atoms with Crippen LogP contribution in [0.3, 0.4) is 0 Å². The van der Waals surface area contributed by atoms with Gasteiger partial charge in [-0.05, 0) is 18.2 Å². The predicted octanol–water partition coefficient (Wildman–Crippen LogP) is 2.44. The van der Waals surface area contributed by atoms with Gasteiger partial charge in [-0.25, -0.2) is 4.99 Å². The molecular weight excluding hydrogens is 188 g/mol. The lowest BCUT2D eigenvalue weighted by molar-refractivity contribution is 0.397. The third-order valence-electron chi connectivity index (χ3n) is 1.87. The van der Waals surface area contributed by atoms with Gasteiger partial charge in [-0.3, -0.25) is 0 Å². The summed E-state index contributed by atoms with van der Waals surface area (Å²) < 4.78 is 5.03. The minimum atomic E-state index is 0.615. The number of methoxy groups -OCH3 is 1. The van der Waals surface area contributed by atoms with Crippen LogP contribution >= 0.6 is 11.6 Å². The van der Waals surface area contributed by atoms with Crippen LogP contribution in [0.5, 0.6) is 0 Å². The molecule has 0 amide bonds. The summed E-state index contributed by atoms with van der Waals surface area (Å²) >= 11 is 5.83. The lowest BCUT2D eigenvalue weighted by Gasteiger charge is -2.16. The van der Waals surface area contributed by atoms with Crippen LogP contribution in [0.15, 0.2) is 23.2 Å². The van der Waals surface area contributed by atoms with Crippen molar-refractivity contribution in [2.75, 3.05) is 19.0 Å². The highest BCUT2D eigenvalue weighted by molar-refractivity contribution is 6.31. The van der Waals surface area contributed by atoms with E-state index in [1.807, 2.05) is 18.2 Å². The first-order valence-corrected chi connectivity index (χ1v) is 4.32. The molecule has 1 aromatic carbocycles. The Morgan fingerprint density at radius 2 is 2.38 bits per heavy atom. The number of ether oxygens (including phenoxy) is 1. The molecule has 1 aromatic rings. The zero-order valence-electron chi connectivity index (χ0n) is 7.17. The third-order valence-corrected chi connectivity index (χ3v) is 2.10. The van der Waals surface area contributed by atoms with Crippen LogP contribution in [0.1, 0.15) is 0 Å². The second-order valence-corrected chi connectivity index (χ2v) is 3.16. The van der Waals surface area contributed by atoms with Gasteiger partial charge >= 0.3 is 0 Å². The molecule has 4 heteroatoms. The molecule has 0 spiro atoms. The van der Waals surface area contributed by atoms with Gasteiger partial charge in [0.25, 0.3) is 0 Å². The minimum Gasteiger partial charge on any atom is -0.483 e. The summed E-state index contributed by atoms with van der Waals surface area (Å²) in [4.78, 5) is 4.28. The first-order valence-electron chi connectivity index (χ1n) is 3.94. The van der Waals surface area contributed by atoms with E-state index in [0.29, 0.717) is 17.5 Å². The van der Waals surface area contributed by atoms with Gasteiger partial charge in [0.1, 0.15) is 0 Å². The van der Waals surface area contributed by atoms with Gasteiger partial charge in [0, 0.05) is 5.02 Å². The summed E-state index contributed by atoms with van der Waals surface area (Å²) in [5.41, 5.74) is 1.82. The number of halogens is 1. The molecule has 2 rings (SSSR count). The number of nitrogens with zero attached hydrogens (tertiary/aromatic N) is 1. The number of rotatable bonds is 0. The predicted molar refractivity (Wildman–Crippen MR) is 54.0 cm³/mol. The quantitative estimate of drug-likeness (QED) is 0.692. The number of nitrogens with one attached hydrogen (secondary N) is 1. The van der Waals surface area contributed by atoms with Gasteiger partial charge < -0.3 is 10.1 Å². The van der Waals surface area contributed by atoms with E-state index in [4.69, 9.17) is 16.3 Å². The fraction of sp³-hybridized carbons (Fsp3) is 0.222. The maximum atomic E-state index is 5.83.